The highest BCUT2D eigenvalue weighted by Gasteiger charge is 2.22. The van der Waals surface area contributed by atoms with Gasteiger partial charge in [0, 0.05) is 13.1 Å². The van der Waals surface area contributed by atoms with Crippen molar-refractivity contribution in [1.29, 1.82) is 0 Å². The summed E-state index contributed by atoms with van der Waals surface area (Å²) in [6.07, 6.45) is 2.97. The number of primary amides is 1. The maximum absolute atomic E-state index is 12.8. The number of amides is 2. The number of urea groups is 1. The molecule has 1 heterocycles. The third-order valence-corrected chi connectivity index (χ3v) is 3.27. The first-order valence-electron chi connectivity index (χ1n) is 5.94. The highest BCUT2D eigenvalue weighted by Crippen LogP contribution is 2.20. The van der Waals surface area contributed by atoms with Crippen LogP contribution in [0.2, 0.25) is 0 Å². The predicted molar refractivity (Wildman–Crippen MR) is 64.0 cm³/mol. The molecule has 1 aliphatic rings. The number of piperidine rings is 1. The van der Waals surface area contributed by atoms with E-state index in [1.165, 1.54) is 12.1 Å². The second kappa shape index (κ2) is 5.17. The summed E-state index contributed by atoms with van der Waals surface area (Å²) in [4.78, 5) is 12.8. The lowest BCUT2D eigenvalue weighted by Gasteiger charge is -2.31. The zero-order chi connectivity index (χ0) is 12.3. The lowest BCUT2D eigenvalue weighted by Crippen LogP contribution is -2.43. The maximum atomic E-state index is 12.8. The first-order valence-corrected chi connectivity index (χ1v) is 5.94. The van der Waals surface area contributed by atoms with E-state index in [1.54, 1.807) is 17.0 Å². The second-order valence-electron chi connectivity index (χ2n) is 4.62. The van der Waals surface area contributed by atoms with Crippen LogP contribution < -0.4 is 5.73 Å². The standard InChI is InChI=1S/C13H17FN2O/c14-12-5-3-10(4-6-12)8-11-2-1-7-16(9-11)13(15)17/h3-6,11H,1-2,7-9H2,(H2,15,17). The van der Waals surface area contributed by atoms with Crippen molar-refractivity contribution >= 4 is 6.03 Å². The zero-order valence-corrected chi connectivity index (χ0v) is 9.73. The van der Waals surface area contributed by atoms with Gasteiger partial charge in [-0.1, -0.05) is 12.1 Å². The molecule has 1 aliphatic heterocycles. The number of carbonyl (C=O) groups is 1. The summed E-state index contributed by atoms with van der Waals surface area (Å²) in [6, 6.07) is 6.22. The Hall–Kier alpha value is -1.58. The molecule has 3 nitrogen and oxygen atoms in total. The zero-order valence-electron chi connectivity index (χ0n) is 9.73. The van der Waals surface area contributed by atoms with Gasteiger partial charge in [0.2, 0.25) is 0 Å². The Kier molecular flexibility index (Phi) is 3.61. The number of nitrogens with two attached hydrogens (primary N) is 1. The number of carbonyl (C=O) groups excluding carboxylic acids is 1. The molecule has 1 saturated heterocycles. The largest absolute Gasteiger partial charge is 0.351 e. The molecule has 92 valence electrons. The molecular weight excluding hydrogens is 219 g/mol. The van der Waals surface area contributed by atoms with Crippen LogP contribution in [0.4, 0.5) is 9.18 Å². The van der Waals surface area contributed by atoms with Gasteiger partial charge in [0.05, 0.1) is 0 Å². The van der Waals surface area contributed by atoms with E-state index in [9.17, 15) is 9.18 Å². The summed E-state index contributed by atoms with van der Waals surface area (Å²) in [5.41, 5.74) is 6.39. The van der Waals surface area contributed by atoms with Crippen molar-refractivity contribution in [1.82, 2.24) is 4.90 Å². The molecule has 1 atom stereocenters. The SMILES string of the molecule is NC(=O)N1CCCC(Cc2ccc(F)cc2)C1. The van der Waals surface area contributed by atoms with Crippen LogP contribution in [0.5, 0.6) is 0 Å². The highest BCUT2D eigenvalue weighted by atomic mass is 19.1. The van der Waals surface area contributed by atoms with Gasteiger partial charge in [-0.2, -0.15) is 0 Å². The fourth-order valence-electron chi connectivity index (χ4n) is 2.39. The van der Waals surface area contributed by atoms with Crippen LogP contribution >= 0.6 is 0 Å². The fraction of sp³-hybridized carbons (Fsp3) is 0.462. The average Bonchev–Trinajstić information content (AvgIpc) is 2.32. The molecule has 1 aromatic rings. The summed E-state index contributed by atoms with van der Waals surface area (Å²) < 4.78 is 12.8. The van der Waals surface area contributed by atoms with Gasteiger partial charge < -0.3 is 10.6 Å². The van der Waals surface area contributed by atoms with Gasteiger partial charge in [-0.3, -0.25) is 0 Å². The number of likely N-dealkylation sites (tertiary alicyclic amines) is 1. The molecule has 2 amide bonds. The van der Waals surface area contributed by atoms with Gasteiger partial charge in [-0.15, -0.1) is 0 Å². The minimum absolute atomic E-state index is 0.212. The summed E-state index contributed by atoms with van der Waals surface area (Å²) in [5, 5.41) is 0. The molecule has 17 heavy (non-hydrogen) atoms. The summed E-state index contributed by atoms with van der Waals surface area (Å²) in [5.74, 6) is 0.220. The van der Waals surface area contributed by atoms with E-state index >= 15 is 0 Å². The van der Waals surface area contributed by atoms with Gasteiger partial charge in [0.25, 0.3) is 0 Å². The minimum atomic E-state index is -0.339. The maximum Gasteiger partial charge on any atom is 0.314 e. The van der Waals surface area contributed by atoms with Crippen molar-refractivity contribution in [3.63, 3.8) is 0 Å². The molecule has 4 heteroatoms. The molecule has 2 N–H and O–H groups in total. The quantitative estimate of drug-likeness (QED) is 0.840. The van der Waals surface area contributed by atoms with Crippen LogP contribution in [0.25, 0.3) is 0 Å². The molecule has 1 fully saturated rings. The molecule has 0 spiro atoms. The highest BCUT2D eigenvalue weighted by molar-refractivity contribution is 5.72. The lowest BCUT2D eigenvalue weighted by atomic mass is 9.91. The predicted octanol–water partition coefficient (Wildman–Crippen LogP) is 2.16. The van der Waals surface area contributed by atoms with Crippen molar-refractivity contribution in [3.8, 4) is 0 Å². The van der Waals surface area contributed by atoms with E-state index in [1.807, 2.05) is 0 Å². The Morgan fingerprint density at radius 1 is 1.41 bits per heavy atom. The number of nitrogens with zero attached hydrogens (tertiary/aromatic N) is 1. The Morgan fingerprint density at radius 3 is 2.76 bits per heavy atom. The number of benzene rings is 1. The van der Waals surface area contributed by atoms with Crippen LogP contribution in [0.15, 0.2) is 24.3 Å². The van der Waals surface area contributed by atoms with Gasteiger partial charge >= 0.3 is 6.03 Å². The van der Waals surface area contributed by atoms with Crippen molar-refractivity contribution in [2.24, 2.45) is 11.7 Å². The van der Waals surface area contributed by atoms with Gasteiger partial charge in [0.1, 0.15) is 5.82 Å². The van der Waals surface area contributed by atoms with Crippen molar-refractivity contribution in [2.75, 3.05) is 13.1 Å². The molecule has 0 bridgehead atoms. The molecular formula is C13H17FN2O. The Balaban J connectivity index is 1.94. The summed E-state index contributed by atoms with van der Waals surface area (Å²) >= 11 is 0. The summed E-state index contributed by atoms with van der Waals surface area (Å²) in [7, 11) is 0. The number of hydrogen-bond donors (Lipinski definition) is 1. The Bertz CT molecular complexity index is 391. The van der Waals surface area contributed by atoms with Crippen LogP contribution in [0, 0.1) is 11.7 Å². The van der Waals surface area contributed by atoms with Crippen LogP contribution in [-0.2, 0) is 6.42 Å². The normalized spacial score (nSPS) is 20.3. The topological polar surface area (TPSA) is 46.3 Å². The van der Waals surface area contributed by atoms with Gasteiger partial charge in [-0.05, 0) is 42.9 Å². The van der Waals surface area contributed by atoms with Gasteiger partial charge in [0.15, 0.2) is 0 Å². The Labute approximate surface area is 100 Å². The van der Waals surface area contributed by atoms with E-state index < -0.39 is 0 Å². The van der Waals surface area contributed by atoms with Crippen LogP contribution in [-0.4, -0.2) is 24.0 Å². The first-order chi connectivity index (χ1) is 8.15. The molecule has 2 rings (SSSR count). The van der Waals surface area contributed by atoms with E-state index in [2.05, 4.69) is 0 Å². The third-order valence-electron chi connectivity index (χ3n) is 3.27. The fourth-order valence-corrected chi connectivity index (χ4v) is 2.39. The average molecular weight is 236 g/mol. The third kappa shape index (κ3) is 3.19. The van der Waals surface area contributed by atoms with E-state index in [4.69, 9.17) is 5.73 Å². The van der Waals surface area contributed by atoms with Gasteiger partial charge in [-0.25, -0.2) is 9.18 Å². The Morgan fingerprint density at radius 2 is 2.12 bits per heavy atom. The number of hydrogen-bond acceptors (Lipinski definition) is 1. The lowest BCUT2D eigenvalue weighted by molar-refractivity contribution is 0.173. The molecule has 0 radical (unpaired) electrons. The van der Waals surface area contributed by atoms with Crippen LogP contribution in [0.3, 0.4) is 0 Å². The van der Waals surface area contributed by atoms with E-state index in [0.717, 1.165) is 31.4 Å². The first kappa shape index (κ1) is 11.9. The molecule has 0 saturated carbocycles. The molecule has 1 unspecified atom stereocenters. The molecule has 1 aromatic carbocycles. The van der Waals surface area contributed by atoms with Crippen LogP contribution in [0.1, 0.15) is 18.4 Å². The number of rotatable bonds is 2. The summed E-state index contributed by atoms with van der Waals surface area (Å²) in [6.45, 7) is 1.47. The molecule has 0 aromatic heterocycles. The smallest absolute Gasteiger partial charge is 0.314 e. The van der Waals surface area contributed by atoms with Crippen molar-refractivity contribution < 1.29 is 9.18 Å². The van der Waals surface area contributed by atoms with E-state index in [0.29, 0.717) is 12.5 Å². The van der Waals surface area contributed by atoms with Crippen molar-refractivity contribution in [2.45, 2.75) is 19.3 Å². The number of halogens is 1. The second-order valence-corrected chi connectivity index (χ2v) is 4.62. The van der Waals surface area contributed by atoms with E-state index in [-0.39, 0.29) is 11.8 Å². The monoisotopic (exact) mass is 236 g/mol. The van der Waals surface area contributed by atoms with Crippen molar-refractivity contribution in [3.05, 3.63) is 35.6 Å². The molecule has 0 aliphatic carbocycles. The minimum Gasteiger partial charge on any atom is -0.351 e.